The fourth-order valence-corrected chi connectivity index (χ4v) is 4.40. The summed E-state index contributed by atoms with van der Waals surface area (Å²) in [6, 6.07) is 3.11. The zero-order valence-corrected chi connectivity index (χ0v) is 12.3. The number of halogens is 4. The van der Waals surface area contributed by atoms with Crippen LogP contribution in [0.1, 0.15) is 17.2 Å². The van der Waals surface area contributed by atoms with Gasteiger partial charge >= 0.3 is 0 Å². The van der Waals surface area contributed by atoms with E-state index in [0.29, 0.717) is 17.3 Å². The first kappa shape index (κ1) is 13.0. The molecule has 0 radical (unpaired) electrons. The summed E-state index contributed by atoms with van der Waals surface area (Å²) in [7, 11) is 0. The fourth-order valence-electron chi connectivity index (χ4n) is 1.30. The fraction of sp³-hybridized carbons (Fsp3) is 0.111. The molecule has 0 atom stereocenters. The Labute approximate surface area is 121 Å². The Morgan fingerprint density at radius 1 is 0.875 bits per heavy atom. The molecule has 0 spiro atoms. The molecule has 7 heteroatoms. The number of hydrogen-bond donors (Lipinski definition) is 1. The van der Waals surface area contributed by atoms with Crippen LogP contribution in [-0.4, -0.2) is 0 Å². The van der Waals surface area contributed by atoms with E-state index in [1.54, 1.807) is 12.1 Å². The van der Waals surface area contributed by atoms with E-state index in [2.05, 4.69) is 0 Å². The zero-order valence-electron chi connectivity index (χ0n) is 7.64. The van der Waals surface area contributed by atoms with Crippen LogP contribution in [0, 0.1) is 0 Å². The average Bonchev–Trinajstić information content (AvgIpc) is 2.68. The van der Waals surface area contributed by atoms with Gasteiger partial charge in [0.15, 0.2) is 0 Å². The third-order valence-corrected chi connectivity index (χ3v) is 5.07. The van der Waals surface area contributed by atoms with Crippen molar-refractivity contribution in [2.75, 3.05) is 0 Å². The van der Waals surface area contributed by atoms with E-state index in [1.807, 2.05) is 0 Å². The molecule has 86 valence electrons. The molecule has 0 unspecified atom stereocenters. The minimum absolute atomic E-state index is 0.396. The van der Waals surface area contributed by atoms with E-state index in [0.717, 1.165) is 11.1 Å². The van der Waals surface area contributed by atoms with Crippen molar-refractivity contribution in [1.29, 1.82) is 0 Å². The Kier molecular flexibility index (Phi) is 4.07. The third kappa shape index (κ3) is 2.51. The molecule has 2 aromatic heterocycles. The normalized spacial score (nSPS) is 11.4. The Morgan fingerprint density at radius 3 is 1.50 bits per heavy atom. The second-order valence-corrected chi connectivity index (χ2v) is 7.61. The van der Waals surface area contributed by atoms with Gasteiger partial charge in [-0.15, -0.1) is 22.7 Å². The van der Waals surface area contributed by atoms with Gasteiger partial charge in [0.1, 0.15) is 0 Å². The molecule has 0 saturated carbocycles. The Bertz CT molecular complexity index is 473. The first-order valence-corrected chi connectivity index (χ1v) is 7.28. The van der Waals surface area contributed by atoms with Crippen LogP contribution in [0.4, 0.5) is 0 Å². The second-order valence-electron chi connectivity index (χ2n) is 3.04. The lowest BCUT2D eigenvalue weighted by molar-refractivity contribution is 0.883. The van der Waals surface area contributed by atoms with Crippen molar-refractivity contribution < 1.29 is 0 Å². The summed E-state index contributed by atoms with van der Waals surface area (Å²) >= 11 is 26.4. The minimum Gasteiger partial charge on any atom is -0.320 e. The summed E-state index contributed by atoms with van der Waals surface area (Å²) in [6.07, 6.45) is 0. The van der Waals surface area contributed by atoms with Gasteiger partial charge in [-0.2, -0.15) is 0 Å². The Morgan fingerprint density at radius 2 is 1.25 bits per heavy atom. The van der Waals surface area contributed by atoms with E-state index < -0.39 is 6.04 Å². The number of nitrogens with two attached hydrogens (primary N) is 1. The van der Waals surface area contributed by atoms with Gasteiger partial charge in [0.05, 0.1) is 23.4 Å². The van der Waals surface area contributed by atoms with Crippen molar-refractivity contribution in [2.45, 2.75) is 6.04 Å². The van der Waals surface area contributed by atoms with E-state index in [9.17, 15) is 0 Å². The smallest absolute Gasteiger partial charge is 0.0995 e. The lowest BCUT2D eigenvalue weighted by Gasteiger charge is -2.09. The lowest BCUT2D eigenvalue weighted by Crippen LogP contribution is -2.10. The maximum absolute atomic E-state index is 6.07. The first-order valence-electron chi connectivity index (χ1n) is 4.14. The molecule has 0 aliphatic carbocycles. The summed E-state index contributed by atoms with van der Waals surface area (Å²) < 4.78 is 2.37. The van der Waals surface area contributed by atoms with Crippen molar-refractivity contribution in [3.05, 3.63) is 40.6 Å². The summed E-state index contributed by atoms with van der Waals surface area (Å²) in [5.74, 6) is 0. The lowest BCUT2D eigenvalue weighted by atomic mass is 10.1. The molecule has 16 heavy (non-hydrogen) atoms. The standard InChI is InChI=1S/C9H5Cl4NS2/c10-5-1-3(8(12)15-5)7(14)4-2-6(11)16-9(4)13/h1-2,7H,14H2. The van der Waals surface area contributed by atoms with Crippen LogP contribution in [0.25, 0.3) is 0 Å². The molecule has 1 nitrogen and oxygen atoms in total. The Balaban J connectivity index is 2.42. The maximum Gasteiger partial charge on any atom is 0.0995 e. The topological polar surface area (TPSA) is 26.0 Å². The quantitative estimate of drug-likeness (QED) is 0.775. The minimum atomic E-state index is -0.396. The van der Waals surface area contributed by atoms with E-state index in [4.69, 9.17) is 52.1 Å². The van der Waals surface area contributed by atoms with Crippen molar-refractivity contribution in [3.63, 3.8) is 0 Å². The van der Waals surface area contributed by atoms with Crippen molar-refractivity contribution in [3.8, 4) is 0 Å². The maximum atomic E-state index is 6.07. The van der Waals surface area contributed by atoms with E-state index in [1.165, 1.54) is 22.7 Å². The summed E-state index contributed by atoms with van der Waals surface area (Å²) in [5.41, 5.74) is 7.61. The van der Waals surface area contributed by atoms with Crippen LogP contribution in [-0.2, 0) is 0 Å². The van der Waals surface area contributed by atoms with Crippen LogP contribution >= 0.6 is 69.1 Å². The highest BCUT2D eigenvalue weighted by molar-refractivity contribution is 7.20. The third-order valence-electron chi connectivity index (χ3n) is 2.04. The molecule has 0 amide bonds. The molecule has 2 aromatic rings. The predicted octanol–water partition coefficient (Wildman–Crippen LogP) is 5.47. The van der Waals surface area contributed by atoms with Gasteiger partial charge in [0.25, 0.3) is 0 Å². The van der Waals surface area contributed by atoms with Crippen molar-refractivity contribution in [1.82, 2.24) is 0 Å². The predicted molar refractivity (Wildman–Crippen MR) is 74.7 cm³/mol. The summed E-state index contributed by atoms with van der Waals surface area (Å²) in [6.45, 7) is 0. The zero-order chi connectivity index (χ0) is 11.9. The largest absolute Gasteiger partial charge is 0.320 e. The van der Waals surface area contributed by atoms with E-state index in [-0.39, 0.29) is 0 Å². The van der Waals surface area contributed by atoms with Gasteiger partial charge in [-0.1, -0.05) is 46.4 Å². The molecule has 0 aliphatic rings. The average molecular weight is 333 g/mol. The van der Waals surface area contributed by atoms with Gasteiger partial charge in [-0.05, 0) is 12.1 Å². The van der Waals surface area contributed by atoms with E-state index >= 15 is 0 Å². The SMILES string of the molecule is NC(c1cc(Cl)sc1Cl)c1cc(Cl)sc1Cl. The molecular weight excluding hydrogens is 328 g/mol. The highest BCUT2D eigenvalue weighted by Gasteiger charge is 2.20. The molecular formula is C9H5Cl4NS2. The second kappa shape index (κ2) is 5.02. The first-order chi connectivity index (χ1) is 7.49. The monoisotopic (exact) mass is 331 g/mol. The van der Waals surface area contributed by atoms with Gasteiger partial charge < -0.3 is 5.73 Å². The van der Waals surface area contributed by atoms with Gasteiger partial charge in [-0.3, -0.25) is 0 Å². The Hall–Kier alpha value is 0.520. The molecule has 0 bridgehead atoms. The molecule has 0 aromatic carbocycles. The molecule has 2 heterocycles. The highest BCUT2D eigenvalue weighted by Crippen LogP contribution is 2.41. The molecule has 2 rings (SSSR count). The number of hydrogen-bond acceptors (Lipinski definition) is 3. The highest BCUT2D eigenvalue weighted by atomic mass is 35.5. The summed E-state index contributed by atoms with van der Waals surface area (Å²) in [4.78, 5) is 0. The molecule has 2 N–H and O–H groups in total. The van der Waals surface area contributed by atoms with Crippen LogP contribution < -0.4 is 5.73 Å². The van der Waals surface area contributed by atoms with Gasteiger partial charge in [-0.25, -0.2) is 0 Å². The van der Waals surface area contributed by atoms with Crippen LogP contribution in [0.5, 0.6) is 0 Å². The molecule has 0 fully saturated rings. The number of thiophene rings is 2. The van der Waals surface area contributed by atoms with Crippen LogP contribution in [0.15, 0.2) is 12.1 Å². The molecule has 0 saturated heterocycles. The van der Waals surface area contributed by atoms with Crippen molar-refractivity contribution >= 4 is 69.1 Å². The van der Waals surface area contributed by atoms with Crippen LogP contribution in [0.3, 0.4) is 0 Å². The van der Waals surface area contributed by atoms with Gasteiger partial charge in [0.2, 0.25) is 0 Å². The van der Waals surface area contributed by atoms with Crippen LogP contribution in [0.2, 0.25) is 17.3 Å². The molecule has 0 aliphatic heterocycles. The van der Waals surface area contributed by atoms with Gasteiger partial charge in [0, 0.05) is 11.1 Å². The summed E-state index contributed by atoms with van der Waals surface area (Å²) in [5, 5.41) is 0. The number of rotatable bonds is 2. The van der Waals surface area contributed by atoms with Crippen molar-refractivity contribution in [2.24, 2.45) is 5.73 Å².